The first kappa shape index (κ1) is 11.8. The van der Waals surface area contributed by atoms with E-state index in [1.54, 1.807) is 0 Å². The van der Waals surface area contributed by atoms with E-state index in [1.165, 1.54) is 5.57 Å². The molecule has 0 heterocycles. The highest BCUT2D eigenvalue weighted by Crippen LogP contribution is 2.14. The molecule has 0 bridgehead atoms. The molecule has 1 aliphatic rings. The standard InChI is InChI=1S/C11H18ClNO/c1-9-2-4-10(5-3-9)7-13-8-11(14)6-12/h2,4-5,9,11,13-14H,3,6-8H2,1H3/t9?,11-/m0/s1. The van der Waals surface area contributed by atoms with Gasteiger partial charge >= 0.3 is 0 Å². The van der Waals surface area contributed by atoms with E-state index in [0.29, 0.717) is 18.3 Å². The fourth-order valence-corrected chi connectivity index (χ4v) is 1.45. The van der Waals surface area contributed by atoms with Gasteiger partial charge in [-0.1, -0.05) is 25.2 Å². The molecule has 0 saturated heterocycles. The molecular formula is C11H18ClNO. The van der Waals surface area contributed by atoms with Crippen molar-refractivity contribution < 1.29 is 5.11 Å². The molecule has 0 spiro atoms. The summed E-state index contributed by atoms with van der Waals surface area (Å²) < 4.78 is 0. The van der Waals surface area contributed by atoms with Crippen molar-refractivity contribution in [1.29, 1.82) is 0 Å². The van der Waals surface area contributed by atoms with Crippen LogP contribution in [-0.4, -0.2) is 30.2 Å². The topological polar surface area (TPSA) is 32.3 Å². The van der Waals surface area contributed by atoms with Crippen molar-refractivity contribution in [1.82, 2.24) is 5.32 Å². The number of nitrogens with one attached hydrogen (secondary N) is 1. The van der Waals surface area contributed by atoms with Crippen molar-refractivity contribution >= 4 is 11.6 Å². The maximum absolute atomic E-state index is 9.20. The summed E-state index contributed by atoms with van der Waals surface area (Å²) in [6.07, 6.45) is 7.28. The average Bonchev–Trinajstić information content (AvgIpc) is 2.21. The minimum absolute atomic E-state index is 0.291. The molecular weight excluding hydrogens is 198 g/mol. The van der Waals surface area contributed by atoms with Gasteiger partial charge in [-0.3, -0.25) is 0 Å². The highest BCUT2D eigenvalue weighted by atomic mass is 35.5. The number of hydrogen-bond donors (Lipinski definition) is 2. The lowest BCUT2D eigenvalue weighted by atomic mass is 9.98. The largest absolute Gasteiger partial charge is 0.391 e. The number of aliphatic hydroxyl groups is 1. The Morgan fingerprint density at radius 3 is 3.07 bits per heavy atom. The van der Waals surface area contributed by atoms with E-state index < -0.39 is 6.10 Å². The molecule has 1 aliphatic carbocycles. The predicted octanol–water partition coefficient (Wildman–Crippen LogP) is 1.70. The third kappa shape index (κ3) is 4.27. The van der Waals surface area contributed by atoms with E-state index in [0.717, 1.165) is 13.0 Å². The Bertz CT molecular complexity index is 225. The Morgan fingerprint density at radius 1 is 1.71 bits per heavy atom. The summed E-state index contributed by atoms with van der Waals surface area (Å²) in [5, 5.41) is 12.4. The Labute approximate surface area is 90.7 Å². The zero-order valence-electron chi connectivity index (χ0n) is 8.54. The van der Waals surface area contributed by atoms with Crippen LogP contribution in [-0.2, 0) is 0 Å². The van der Waals surface area contributed by atoms with Crippen molar-refractivity contribution in [3.05, 3.63) is 23.8 Å². The first-order chi connectivity index (χ1) is 6.72. The van der Waals surface area contributed by atoms with Crippen LogP contribution in [0.2, 0.25) is 0 Å². The van der Waals surface area contributed by atoms with Crippen LogP contribution in [0.25, 0.3) is 0 Å². The molecule has 0 amide bonds. The zero-order chi connectivity index (χ0) is 10.4. The third-order valence-electron chi connectivity index (χ3n) is 2.28. The Morgan fingerprint density at radius 2 is 2.50 bits per heavy atom. The predicted molar refractivity (Wildman–Crippen MR) is 60.6 cm³/mol. The van der Waals surface area contributed by atoms with E-state index in [-0.39, 0.29) is 0 Å². The van der Waals surface area contributed by atoms with Crippen LogP contribution in [0, 0.1) is 5.92 Å². The van der Waals surface area contributed by atoms with Gasteiger partial charge in [-0.15, -0.1) is 11.6 Å². The van der Waals surface area contributed by atoms with Crippen molar-refractivity contribution in [2.45, 2.75) is 19.4 Å². The summed E-state index contributed by atoms with van der Waals surface area (Å²) >= 11 is 5.47. The molecule has 2 atom stereocenters. The van der Waals surface area contributed by atoms with Crippen LogP contribution in [0.1, 0.15) is 13.3 Å². The van der Waals surface area contributed by atoms with Crippen molar-refractivity contribution in [3.8, 4) is 0 Å². The Balaban J connectivity index is 2.17. The van der Waals surface area contributed by atoms with Gasteiger partial charge in [-0.25, -0.2) is 0 Å². The van der Waals surface area contributed by atoms with Gasteiger partial charge in [0.2, 0.25) is 0 Å². The normalized spacial score (nSPS) is 23.4. The second kappa shape index (κ2) is 6.23. The fourth-order valence-electron chi connectivity index (χ4n) is 1.34. The minimum Gasteiger partial charge on any atom is -0.391 e. The highest BCUT2D eigenvalue weighted by molar-refractivity contribution is 6.18. The van der Waals surface area contributed by atoms with E-state index >= 15 is 0 Å². The molecule has 0 aliphatic heterocycles. The quantitative estimate of drug-likeness (QED) is 0.685. The first-order valence-electron chi connectivity index (χ1n) is 5.04. The Hall–Kier alpha value is -0.310. The molecule has 2 nitrogen and oxygen atoms in total. The number of halogens is 1. The van der Waals surface area contributed by atoms with E-state index in [1.807, 2.05) is 0 Å². The lowest BCUT2D eigenvalue weighted by Crippen LogP contribution is -2.29. The summed E-state index contributed by atoms with van der Waals surface area (Å²) in [6.45, 7) is 3.58. The van der Waals surface area contributed by atoms with Crippen molar-refractivity contribution in [2.24, 2.45) is 5.92 Å². The number of allylic oxidation sites excluding steroid dienone is 2. The minimum atomic E-state index is -0.441. The van der Waals surface area contributed by atoms with Gasteiger partial charge in [0.15, 0.2) is 0 Å². The molecule has 3 heteroatoms. The van der Waals surface area contributed by atoms with Gasteiger partial charge in [-0.2, -0.15) is 0 Å². The van der Waals surface area contributed by atoms with Gasteiger partial charge in [0, 0.05) is 19.0 Å². The Kier molecular flexibility index (Phi) is 5.23. The van der Waals surface area contributed by atoms with Crippen LogP contribution in [0.5, 0.6) is 0 Å². The fraction of sp³-hybridized carbons (Fsp3) is 0.636. The number of rotatable bonds is 5. The highest BCUT2D eigenvalue weighted by Gasteiger charge is 2.04. The van der Waals surface area contributed by atoms with Gasteiger partial charge in [-0.05, 0) is 17.9 Å². The number of hydrogen-bond acceptors (Lipinski definition) is 2. The van der Waals surface area contributed by atoms with Gasteiger partial charge in [0.25, 0.3) is 0 Å². The second-order valence-electron chi connectivity index (χ2n) is 3.79. The summed E-state index contributed by atoms with van der Waals surface area (Å²) in [6, 6.07) is 0. The molecule has 0 aromatic heterocycles. The van der Waals surface area contributed by atoms with Gasteiger partial charge in [0.1, 0.15) is 0 Å². The smallest absolute Gasteiger partial charge is 0.0799 e. The molecule has 2 N–H and O–H groups in total. The maximum atomic E-state index is 9.20. The lowest BCUT2D eigenvalue weighted by molar-refractivity contribution is 0.196. The van der Waals surface area contributed by atoms with Crippen molar-refractivity contribution in [2.75, 3.05) is 19.0 Å². The summed E-state index contributed by atoms with van der Waals surface area (Å²) in [5.74, 6) is 0.950. The zero-order valence-corrected chi connectivity index (χ0v) is 9.30. The van der Waals surface area contributed by atoms with Gasteiger partial charge in [0.05, 0.1) is 6.10 Å². The molecule has 1 unspecified atom stereocenters. The van der Waals surface area contributed by atoms with Gasteiger partial charge < -0.3 is 10.4 Å². The molecule has 0 fully saturated rings. The molecule has 0 aromatic rings. The van der Waals surface area contributed by atoms with Crippen LogP contribution in [0.3, 0.4) is 0 Å². The molecule has 1 rings (SSSR count). The van der Waals surface area contributed by atoms with Crippen LogP contribution < -0.4 is 5.32 Å². The van der Waals surface area contributed by atoms with Crippen molar-refractivity contribution in [3.63, 3.8) is 0 Å². The summed E-state index contributed by atoms with van der Waals surface area (Å²) in [4.78, 5) is 0. The SMILES string of the molecule is CC1C=CC(CNC[C@@H](O)CCl)=CC1. The van der Waals surface area contributed by atoms with Crippen LogP contribution >= 0.6 is 11.6 Å². The molecule has 14 heavy (non-hydrogen) atoms. The van der Waals surface area contributed by atoms with E-state index in [4.69, 9.17) is 11.6 Å². The summed E-state index contributed by atoms with van der Waals surface area (Å²) in [5.41, 5.74) is 1.30. The average molecular weight is 216 g/mol. The maximum Gasteiger partial charge on any atom is 0.0799 e. The molecule has 80 valence electrons. The monoisotopic (exact) mass is 215 g/mol. The van der Waals surface area contributed by atoms with E-state index in [2.05, 4.69) is 30.5 Å². The lowest BCUT2D eigenvalue weighted by Gasteiger charge is -2.13. The van der Waals surface area contributed by atoms with Crippen LogP contribution in [0.15, 0.2) is 23.8 Å². The second-order valence-corrected chi connectivity index (χ2v) is 4.10. The van der Waals surface area contributed by atoms with Crippen LogP contribution in [0.4, 0.5) is 0 Å². The summed E-state index contributed by atoms with van der Waals surface area (Å²) in [7, 11) is 0. The molecule has 0 saturated carbocycles. The number of aliphatic hydroxyl groups excluding tert-OH is 1. The van der Waals surface area contributed by atoms with E-state index in [9.17, 15) is 5.11 Å². The first-order valence-corrected chi connectivity index (χ1v) is 5.58. The number of alkyl halides is 1. The third-order valence-corrected chi connectivity index (χ3v) is 2.63. The molecule has 0 aromatic carbocycles. The molecule has 0 radical (unpaired) electrons.